The number of aromatic nitrogens is 2. The molecule has 1 aromatic carbocycles. The first-order valence-corrected chi connectivity index (χ1v) is 7.67. The summed E-state index contributed by atoms with van der Waals surface area (Å²) < 4.78 is 0. The topological polar surface area (TPSA) is 92.1 Å². The fourth-order valence-electron chi connectivity index (χ4n) is 2.71. The molecule has 1 fully saturated rings. The summed E-state index contributed by atoms with van der Waals surface area (Å²) in [7, 11) is 0. The second kappa shape index (κ2) is 5.70. The first kappa shape index (κ1) is 15.6. The summed E-state index contributed by atoms with van der Waals surface area (Å²) >= 11 is 5.87. The predicted molar refractivity (Wildman–Crippen MR) is 86.9 cm³/mol. The van der Waals surface area contributed by atoms with Gasteiger partial charge in [0.1, 0.15) is 5.69 Å². The molecule has 1 aliphatic rings. The van der Waals surface area contributed by atoms with E-state index in [-0.39, 0.29) is 11.8 Å². The molecule has 3 N–H and O–H groups in total. The van der Waals surface area contributed by atoms with Crippen LogP contribution in [-0.2, 0) is 4.79 Å². The van der Waals surface area contributed by atoms with Crippen molar-refractivity contribution in [3.8, 4) is 11.3 Å². The van der Waals surface area contributed by atoms with Crippen LogP contribution in [-0.4, -0.2) is 40.0 Å². The van der Waals surface area contributed by atoms with Crippen LogP contribution in [0.25, 0.3) is 11.3 Å². The molecule has 120 valence electrons. The lowest BCUT2D eigenvalue weighted by molar-refractivity contribution is -0.126. The standard InChI is InChI=1S/C16H17ClN4O2/c1-16(15(18)23)6-7-21(9-16)14(22)13-8-12(19-20-13)10-2-4-11(17)5-3-10/h2-5,8H,6-7,9H2,1H3,(H2,18,23)(H,19,20)/t16-/m0/s1. The van der Waals surface area contributed by atoms with E-state index in [1.54, 1.807) is 30.0 Å². The van der Waals surface area contributed by atoms with E-state index >= 15 is 0 Å². The average Bonchev–Trinajstić information content (AvgIpc) is 3.15. The van der Waals surface area contributed by atoms with E-state index in [1.165, 1.54) is 0 Å². The first-order valence-electron chi connectivity index (χ1n) is 7.30. The lowest BCUT2D eigenvalue weighted by Gasteiger charge is -2.20. The van der Waals surface area contributed by atoms with Crippen LogP contribution in [0.3, 0.4) is 0 Å². The summed E-state index contributed by atoms with van der Waals surface area (Å²) in [5.41, 5.74) is 6.69. The van der Waals surface area contributed by atoms with Gasteiger partial charge in [0.05, 0.1) is 11.1 Å². The number of carbonyl (C=O) groups excluding carboxylic acids is 2. The Labute approximate surface area is 138 Å². The Balaban J connectivity index is 1.77. The number of amides is 2. The van der Waals surface area contributed by atoms with Gasteiger partial charge in [-0.25, -0.2) is 0 Å². The molecule has 6 nitrogen and oxygen atoms in total. The van der Waals surface area contributed by atoms with Gasteiger partial charge in [0, 0.05) is 23.7 Å². The molecule has 23 heavy (non-hydrogen) atoms. The van der Waals surface area contributed by atoms with Gasteiger partial charge >= 0.3 is 0 Å². The van der Waals surface area contributed by atoms with Crippen molar-refractivity contribution in [1.29, 1.82) is 0 Å². The van der Waals surface area contributed by atoms with Crippen LogP contribution in [0.4, 0.5) is 0 Å². The number of nitrogens with two attached hydrogens (primary N) is 1. The van der Waals surface area contributed by atoms with Crippen molar-refractivity contribution in [2.75, 3.05) is 13.1 Å². The number of nitrogens with one attached hydrogen (secondary N) is 1. The number of nitrogens with zero attached hydrogens (tertiary/aromatic N) is 2. The van der Waals surface area contributed by atoms with Gasteiger partial charge in [-0.1, -0.05) is 23.7 Å². The summed E-state index contributed by atoms with van der Waals surface area (Å²) in [5, 5.41) is 7.58. The predicted octanol–water partition coefficient (Wildman–Crippen LogP) is 2.07. The largest absolute Gasteiger partial charge is 0.369 e. The maximum atomic E-state index is 12.5. The molecule has 0 unspecified atom stereocenters. The van der Waals surface area contributed by atoms with Crippen molar-refractivity contribution in [2.24, 2.45) is 11.1 Å². The van der Waals surface area contributed by atoms with Gasteiger partial charge < -0.3 is 10.6 Å². The average molecular weight is 333 g/mol. The van der Waals surface area contributed by atoms with Gasteiger partial charge in [0.2, 0.25) is 5.91 Å². The van der Waals surface area contributed by atoms with Crippen LogP contribution < -0.4 is 5.73 Å². The molecule has 1 aromatic heterocycles. The fraction of sp³-hybridized carbons (Fsp3) is 0.312. The summed E-state index contributed by atoms with van der Waals surface area (Å²) in [4.78, 5) is 25.7. The number of primary amides is 1. The number of aromatic amines is 1. The zero-order valence-electron chi connectivity index (χ0n) is 12.7. The third-order valence-electron chi connectivity index (χ3n) is 4.30. The maximum Gasteiger partial charge on any atom is 0.271 e. The number of benzene rings is 1. The van der Waals surface area contributed by atoms with Gasteiger partial charge in [-0.05, 0) is 31.5 Å². The van der Waals surface area contributed by atoms with Gasteiger partial charge in [-0.3, -0.25) is 14.7 Å². The Morgan fingerprint density at radius 1 is 1.35 bits per heavy atom. The van der Waals surface area contributed by atoms with Crippen LogP contribution >= 0.6 is 11.6 Å². The van der Waals surface area contributed by atoms with Crippen molar-refractivity contribution >= 4 is 23.4 Å². The van der Waals surface area contributed by atoms with E-state index in [0.29, 0.717) is 35.9 Å². The Bertz CT molecular complexity index is 756. The number of H-pyrrole nitrogens is 1. The van der Waals surface area contributed by atoms with Crippen LogP contribution in [0.5, 0.6) is 0 Å². The summed E-state index contributed by atoms with van der Waals surface area (Å²) in [6.45, 7) is 2.62. The third-order valence-corrected chi connectivity index (χ3v) is 4.56. The summed E-state index contributed by atoms with van der Waals surface area (Å²) in [6, 6.07) is 8.92. The summed E-state index contributed by atoms with van der Waals surface area (Å²) in [6.07, 6.45) is 0.576. The smallest absolute Gasteiger partial charge is 0.271 e. The molecular weight excluding hydrogens is 316 g/mol. The zero-order valence-corrected chi connectivity index (χ0v) is 13.4. The van der Waals surface area contributed by atoms with Gasteiger partial charge in [0.25, 0.3) is 5.91 Å². The number of halogens is 1. The maximum absolute atomic E-state index is 12.5. The van der Waals surface area contributed by atoms with Crippen molar-refractivity contribution < 1.29 is 9.59 Å². The highest BCUT2D eigenvalue weighted by Gasteiger charge is 2.41. The van der Waals surface area contributed by atoms with E-state index in [2.05, 4.69) is 10.2 Å². The van der Waals surface area contributed by atoms with E-state index in [4.69, 9.17) is 17.3 Å². The monoisotopic (exact) mass is 332 g/mol. The molecule has 7 heteroatoms. The molecule has 2 aromatic rings. The Morgan fingerprint density at radius 3 is 2.65 bits per heavy atom. The van der Waals surface area contributed by atoms with Crippen molar-refractivity contribution in [1.82, 2.24) is 15.1 Å². The van der Waals surface area contributed by atoms with Gasteiger partial charge in [-0.2, -0.15) is 5.10 Å². The van der Waals surface area contributed by atoms with Crippen LogP contribution in [0.2, 0.25) is 5.02 Å². The highest BCUT2D eigenvalue weighted by molar-refractivity contribution is 6.30. The highest BCUT2D eigenvalue weighted by atomic mass is 35.5. The number of likely N-dealkylation sites (tertiary alicyclic amines) is 1. The minimum Gasteiger partial charge on any atom is -0.369 e. The molecule has 1 atom stereocenters. The van der Waals surface area contributed by atoms with Crippen molar-refractivity contribution in [2.45, 2.75) is 13.3 Å². The summed E-state index contributed by atoms with van der Waals surface area (Å²) in [5.74, 6) is -0.554. The minimum absolute atomic E-state index is 0.178. The first-order chi connectivity index (χ1) is 10.9. The van der Waals surface area contributed by atoms with E-state index < -0.39 is 5.41 Å². The molecule has 3 rings (SSSR count). The van der Waals surface area contributed by atoms with Gasteiger partial charge in [0.15, 0.2) is 0 Å². The lowest BCUT2D eigenvalue weighted by Crippen LogP contribution is -2.38. The van der Waals surface area contributed by atoms with E-state index in [0.717, 1.165) is 5.56 Å². The molecule has 2 heterocycles. The quantitative estimate of drug-likeness (QED) is 0.901. The van der Waals surface area contributed by atoms with Crippen molar-refractivity contribution in [3.05, 3.63) is 41.0 Å². The molecule has 1 aliphatic heterocycles. The number of hydrogen-bond acceptors (Lipinski definition) is 3. The number of rotatable bonds is 3. The Kier molecular flexibility index (Phi) is 3.85. The lowest BCUT2D eigenvalue weighted by atomic mass is 9.89. The molecular formula is C16H17ClN4O2. The second-order valence-corrected chi connectivity index (χ2v) is 6.51. The Hall–Kier alpha value is -2.34. The molecule has 0 bridgehead atoms. The van der Waals surface area contributed by atoms with Crippen molar-refractivity contribution in [3.63, 3.8) is 0 Å². The number of hydrogen-bond donors (Lipinski definition) is 2. The van der Waals surface area contributed by atoms with Gasteiger partial charge in [-0.15, -0.1) is 0 Å². The molecule has 0 saturated carbocycles. The fourth-order valence-corrected chi connectivity index (χ4v) is 2.83. The molecule has 1 saturated heterocycles. The van der Waals surface area contributed by atoms with Crippen LogP contribution in [0, 0.1) is 5.41 Å². The Morgan fingerprint density at radius 2 is 2.04 bits per heavy atom. The third kappa shape index (κ3) is 2.94. The molecule has 2 amide bonds. The second-order valence-electron chi connectivity index (χ2n) is 6.08. The molecule has 0 radical (unpaired) electrons. The zero-order chi connectivity index (χ0) is 16.6. The molecule has 0 spiro atoms. The van der Waals surface area contributed by atoms with E-state index in [9.17, 15) is 9.59 Å². The highest BCUT2D eigenvalue weighted by Crippen LogP contribution is 2.30. The van der Waals surface area contributed by atoms with Crippen LogP contribution in [0.1, 0.15) is 23.8 Å². The minimum atomic E-state index is -0.658. The SMILES string of the molecule is C[C@]1(C(N)=O)CCN(C(=O)c2cc(-c3ccc(Cl)cc3)n[nH]2)C1. The van der Waals surface area contributed by atoms with Crippen LogP contribution in [0.15, 0.2) is 30.3 Å². The normalized spacial score (nSPS) is 20.7. The molecule has 0 aliphatic carbocycles. The number of carbonyl (C=O) groups is 2. The van der Waals surface area contributed by atoms with E-state index in [1.807, 2.05) is 12.1 Å².